The number of hydroxylamine groups is 2. The van der Waals surface area contributed by atoms with E-state index in [4.69, 9.17) is 14.3 Å². The zero-order valence-corrected chi connectivity index (χ0v) is 20.8. The van der Waals surface area contributed by atoms with Crippen LogP contribution in [0, 0.1) is 0 Å². The van der Waals surface area contributed by atoms with E-state index < -0.39 is 0 Å². The number of carbonyl (C=O) groups is 1. The van der Waals surface area contributed by atoms with Gasteiger partial charge in [-0.05, 0) is 53.1 Å². The van der Waals surface area contributed by atoms with Gasteiger partial charge in [0, 0.05) is 35.0 Å². The molecule has 6 nitrogen and oxygen atoms in total. The summed E-state index contributed by atoms with van der Waals surface area (Å²) in [5.41, 5.74) is 4.66. The van der Waals surface area contributed by atoms with Gasteiger partial charge in [0.2, 0.25) is 5.88 Å². The van der Waals surface area contributed by atoms with Crippen LogP contribution in [-0.2, 0) is 11.3 Å². The van der Waals surface area contributed by atoms with Crippen molar-refractivity contribution in [1.29, 1.82) is 0 Å². The van der Waals surface area contributed by atoms with Crippen LogP contribution in [0.25, 0.3) is 22.0 Å². The molecule has 0 spiro atoms. The number of methoxy groups -OCH3 is 1. The van der Waals surface area contributed by atoms with Crippen molar-refractivity contribution in [3.8, 4) is 22.8 Å². The van der Waals surface area contributed by atoms with Crippen molar-refractivity contribution in [2.24, 2.45) is 0 Å². The standard InChI is InChI=1S/C27H25BrN2O4/c1-30(33-3)27(31)20-8-5-9-22(15-20)34-13-12-18-6-4-7-19(14-18)23-17-26(32-2)29-25-11-10-21(28)16-24(23)25/h4-11,14-17H,12-13H2,1-3H3. The van der Waals surface area contributed by atoms with E-state index in [9.17, 15) is 4.79 Å². The van der Waals surface area contributed by atoms with Crippen LogP contribution in [0.2, 0.25) is 0 Å². The van der Waals surface area contributed by atoms with Gasteiger partial charge in [-0.1, -0.05) is 46.3 Å². The predicted octanol–water partition coefficient (Wildman–Crippen LogP) is 5.93. The van der Waals surface area contributed by atoms with Crippen molar-refractivity contribution in [3.05, 3.63) is 88.4 Å². The largest absolute Gasteiger partial charge is 0.493 e. The molecule has 0 saturated carbocycles. The molecule has 0 aliphatic rings. The number of amides is 1. The molecule has 3 aromatic carbocycles. The van der Waals surface area contributed by atoms with Gasteiger partial charge in [0.25, 0.3) is 5.91 Å². The second-order valence-corrected chi connectivity index (χ2v) is 8.60. The number of aromatic nitrogens is 1. The van der Waals surface area contributed by atoms with Crippen LogP contribution >= 0.6 is 15.9 Å². The number of hydrogen-bond donors (Lipinski definition) is 0. The molecule has 1 amide bonds. The molecule has 174 valence electrons. The van der Waals surface area contributed by atoms with Crippen LogP contribution in [0.3, 0.4) is 0 Å². The molecule has 0 unspecified atom stereocenters. The number of ether oxygens (including phenoxy) is 2. The van der Waals surface area contributed by atoms with E-state index in [0.29, 0.717) is 30.2 Å². The maximum Gasteiger partial charge on any atom is 0.277 e. The maximum atomic E-state index is 12.3. The third-order valence-electron chi connectivity index (χ3n) is 5.49. The first-order chi connectivity index (χ1) is 16.5. The second kappa shape index (κ2) is 10.7. The van der Waals surface area contributed by atoms with Crippen LogP contribution in [0.15, 0.2) is 77.3 Å². The zero-order chi connectivity index (χ0) is 24.1. The molecule has 1 aromatic heterocycles. The van der Waals surface area contributed by atoms with Crippen molar-refractivity contribution in [3.63, 3.8) is 0 Å². The van der Waals surface area contributed by atoms with Crippen molar-refractivity contribution in [2.45, 2.75) is 6.42 Å². The van der Waals surface area contributed by atoms with Crippen molar-refractivity contribution in [2.75, 3.05) is 27.9 Å². The summed E-state index contributed by atoms with van der Waals surface area (Å²) in [7, 11) is 4.65. The third-order valence-corrected chi connectivity index (χ3v) is 5.99. The fourth-order valence-electron chi connectivity index (χ4n) is 3.68. The highest BCUT2D eigenvalue weighted by Gasteiger charge is 2.12. The molecule has 4 rings (SSSR count). The summed E-state index contributed by atoms with van der Waals surface area (Å²) >= 11 is 3.57. The molecule has 0 aliphatic heterocycles. The number of fused-ring (bicyclic) bond motifs is 1. The van der Waals surface area contributed by atoms with E-state index in [1.807, 2.05) is 30.3 Å². The smallest absolute Gasteiger partial charge is 0.277 e. The van der Waals surface area contributed by atoms with E-state index in [2.05, 4.69) is 45.2 Å². The minimum absolute atomic E-state index is 0.229. The summed E-state index contributed by atoms with van der Waals surface area (Å²) in [5.74, 6) is 0.987. The highest BCUT2D eigenvalue weighted by Crippen LogP contribution is 2.33. The summed E-state index contributed by atoms with van der Waals surface area (Å²) in [6, 6.07) is 23.5. The average molecular weight is 521 g/mol. The lowest BCUT2D eigenvalue weighted by Gasteiger charge is -2.14. The van der Waals surface area contributed by atoms with Crippen molar-refractivity contribution in [1.82, 2.24) is 10.0 Å². The highest BCUT2D eigenvalue weighted by molar-refractivity contribution is 9.10. The van der Waals surface area contributed by atoms with E-state index in [-0.39, 0.29) is 5.91 Å². The molecule has 0 aliphatic carbocycles. The Bertz CT molecular complexity index is 1330. The molecule has 0 fully saturated rings. The molecule has 34 heavy (non-hydrogen) atoms. The Morgan fingerprint density at radius 3 is 2.62 bits per heavy atom. The van der Waals surface area contributed by atoms with Gasteiger partial charge in [-0.15, -0.1) is 0 Å². The third kappa shape index (κ3) is 5.38. The molecule has 0 saturated heterocycles. The first-order valence-electron chi connectivity index (χ1n) is 10.8. The summed E-state index contributed by atoms with van der Waals surface area (Å²) in [4.78, 5) is 21.8. The number of rotatable bonds is 8. The van der Waals surface area contributed by atoms with E-state index in [1.54, 1.807) is 32.4 Å². The molecular weight excluding hydrogens is 496 g/mol. The van der Waals surface area contributed by atoms with Gasteiger partial charge in [0.1, 0.15) is 5.75 Å². The lowest BCUT2D eigenvalue weighted by atomic mass is 9.98. The summed E-state index contributed by atoms with van der Waals surface area (Å²) in [6.07, 6.45) is 0.716. The van der Waals surface area contributed by atoms with Gasteiger partial charge < -0.3 is 9.47 Å². The van der Waals surface area contributed by atoms with Crippen LogP contribution in [0.5, 0.6) is 11.6 Å². The van der Waals surface area contributed by atoms with E-state index in [1.165, 1.54) is 12.2 Å². The van der Waals surface area contributed by atoms with Crippen LogP contribution < -0.4 is 9.47 Å². The lowest BCUT2D eigenvalue weighted by Crippen LogP contribution is -2.25. The number of pyridine rings is 1. The monoisotopic (exact) mass is 520 g/mol. The maximum absolute atomic E-state index is 12.3. The van der Waals surface area contributed by atoms with Crippen molar-refractivity contribution >= 4 is 32.7 Å². The summed E-state index contributed by atoms with van der Waals surface area (Å²) in [5, 5.41) is 2.23. The van der Waals surface area contributed by atoms with Gasteiger partial charge in [-0.2, -0.15) is 0 Å². The minimum Gasteiger partial charge on any atom is -0.493 e. The van der Waals surface area contributed by atoms with Crippen LogP contribution in [-0.4, -0.2) is 43.8 Å². The van der Waals surface area contributed by atoms with Gasteiger partial charge >= 0.3 is 0 Å². The number of hydrogen-bond acceptors (Lipinski definition) is 5. The average Bonchev–Trinajstić information content (AvgIpc) is 2.87. The number of carbonyl (C=O) groups excluding carboxylic acids is 1. The first kappa shape index (κ1) is 23.7. The van der Waals surface area contributed by atoms with Crippen LogP contribution in [0.4, 0.5) is 0 Å². The fraction of sp³-hybridized carbons (Fsp3) is 0.185. The Morgan fingerprint density at radius 1 is 1.00 bits per heavy atom. The Hall–Kier alpha value is -3.42. The lowest BCUT2D eigenvalue weighted by molar-refractivity contribution is -0.0757. The molecule has 0 radical (unpaired) electrons. The first-order valence-corrected chi connectivity index (χ1v) is 11.6. The molecule has 0 bridgehead atoms. The summed E-state index contributed by atoms with van der Waals surface area (Å²) < 4.78 is 12.4. The predicted molar refractivity (Wildman–Crippen MR) is 136 cm³/mol. The SMILES string of the molecule is COc1cc(-c2cccc(CCOc3cccc(C(=O)N(C)OC)c3)c2)c2cc(Br)ccc2n1. The normalized spacial score (nSPS) is 10.8. The topological polar surface area (TPSA) is 60.9 Å². The molecule has 0 N–H and O–H groups in total. The molecule has 1 heterocycles. The van der Waals surface area contributed by atoms with E-state index in [0.717, 1.165) is 32.1 Å². The second-order valence-electron chi connectivity index (χ2n) is 7.69. The fourth-order valence-corrected chi connectivity index (χ4v) is 4.04. The Kier molecular flexibility index (Phi) is 7.45. The number of benzene rings is 3. The quantitative estimate of drug-likeness (QED) is 0.269. The Labute approximate surface area is 207 Å². The summed E-state index contributed by atoms with van der Waals surface area (Å²) in [6.45, 7) is 0.479. The highest BCUT2D eigenvalue weighted by atomic mass is 79.9. The van der Waals surface area contributed by atoms with Crippen LogP contribution in [0.1, 0.15) is 15.9 Å². The van der Waals surface area contributed by atoms with E-state index >= 15 is 0 Å². The van der Waals surface area contributed by atoms with Crippen molar-refractivity contribution < 1.29 is 19.1 Å². The zero-order valence-electron chi connectivity index (χ0n) is 19.2. The molecule has 4 aromatic rings. The Morgan fingerprint density at radius 2 is 1.82 bits per heavy atom. The van der Waals surface area contributed by atoms with Gasteiger partial charge in [-0.3, -0.25) is 9.63 Å². The molecule has 7 heteroatoms. The number of nitrogens with zero attached hydrogens (tertiary/aromatic N) is 2. The van der Waals surface area contributed by atoms with Gasteiger partial charge in [0.15, 0.2) is 0 Å². The Balaban J connectivity index is 1.52. The molecule has 0 atom stereocenters. The van der Waals surface area contributed by atoms with Gasteiger partial charge in [0.05, 0.1) is 26.3 Å². The molecular formula is C27H25BrN2O4. The number of halogens is 1. The minimum atomic E-state index is -0.229. The van der Waals surface area contributed by atoms with Gasteiger partial charge in [-0.25, -0.2) is 10.0 Å².